The topological polar surface area (TPSA) is 91.3 Å². The third kappa shape index (κ3) is 6.32. The van der Waals surface area contributed by atoms with Gasteiger partial charge in [0, 0.05) is 44.3 Å². The third-order valence-electron chi connectivity index (χ3n) is 5.43. The highest BCUT2D eigenvalue weighted by atomic mass is 35.5. The van der Waals surface area contributed by atoms with E-state index in [1.54, 1.807) is 31.0 Å². The summed E-state index contributed by atoms with van der Waals surface area (Å²) in [4.78, 5) is 18.5. The van der Waals surface area contributed by atoms with Crippen LogP contribution in [0.4, 0.5) is 0 Å². The number of nitrogens with zero attached hydrogens (tertiary/aromatic N) is 3. The van der Waals surface area contributed by atoms with Gasteiger partial charge in [0.15, 0.2) is 0 Å². The number of hydrogen-bond acceptors (Lipinski definition) is 6. The molecule has 0 saturated heterocycles. The van der Waals surface area contributed by atoms with Crippen molar-refractivity contribution in [1.29, 1.82) is 0 Å². The number of aliphatic imine (C=N–C) groups is 1. The minimum Gasteiger partial charge on any atom is -0.370 e. The number of rotatable bonds is 10. The summed E-state index contributed by atoms with van der Waals surface area (Å²) in [6, 6.07) is 12.7. The van der Waals surface area contributed by atoms with Crippen LogP contribution >= 0.6 is 11.6 Å². The molecule has 3 rings (SSSR count). The Morgan fingerprint density at radius 3 is 2.58 bits per heavy atom. The second-order valence-electron chi connectivity index (χ2n) is 7.85. The number of amides is 1. The molecule has 0 bridgehead atoms. The minimum atomic E-state index is -3.70. The molecule has 0 aliphatic carbocycles. The number of halogens is 1. The van der Waals surface area contributed by atoms with Crippen molar-refractivity contribution in [3.05, 3.63) is 64.2 Å². The van der Waals surface area contributed by atoms with Gasteiger partial charge < -0.3 is 15.0 Å². The quantitative estimate of drug-likeness (QED) is 0.514. The predicted octanol–water partition coefficient (Wildman–Crippen LogP) is 2.29. The van der Waals surface area contributed by atoms with Crippen LogP contribution in [0.3, 0.4) is 0 Å². The standard InChI is InChI=1S/C23H29ClN4O4S/c1-17-20(24)5-4-6-21(17)33(30,31)28(3)13-14-32-16-22(29)27(2)15-18-7-9-19(10-8-18)23-25-11-12-26-23/h4-10H,11-16H2,1-3H3,(H,25,26). The first-order valence-corrected chi connectivity index (χ1v) is 12.4. The van der Waals surface area contributed by atoms with Gasteiger partial charge in [-0.05, 0) is 30.2 Å². The van der Waals surface area contributed by atoms with Crippen LogP contribution in [0, 0.1) is 6.92 Å². The van der Waals surface area contributed by atoms with E-state index in [4.69, 9.17) is 16.3 Å². The molecule has 2 aromatic carbocycles. The smallest absolute Gasteiger partial charge is 0.248 e. The van der Waals surface area contributed by atoms with E-state index < -0.39 is 10.0 Å². The zero-order valence-corrected chi connectivity index (χ0v) is 20.6. The van der Waals surface area contributed by atoms with Crippen molar-refractivity contribution in [2.75, 3.05) is 46.9 Å². The summed E-state index contributed by atoms with van der Waals surface area (Å²) in [6.07, 6.45) is 0. The summed E-state index contributed by atoms with van der Waals surface area (Å²) >= 11 is 6.05. The lowest BCUT2D eigenvalue weighted by Crippen LogP contribution is -2.33. The Labute approximate surface area is 200 Å². The highest BCUT2D eigenvalue weighted by molar-refractivity contribution is 7.89. The molecular weight excluding hydrogens is 464 g/mol. The first-order valence-electron chi connectivity index (χ1n) is 10.6. The van der Waals surface area contributed by atoms with Gasteiger partial charge in [0.05, 0.1) is 18.0 Å². The Morgan fingerprint density at radius 1 is 1.18 bits per heavy atom. The number of likely N-dealkylation sites (N-methyl/N-ethyl adjacent to an activating group) is 2. The van der Waals surface area contributed by atoms with Crippen molar-refractivity contribution in [2.24, 2.45) is 4.99 Å². The Hall–Kier alpha value is -2.46. The van der Waals surface area contributed by atoms with Crippen LogP contribution in [0.1, 0.15) is 16.7 Å². The van der Waals surface area contributed by atoms with Gasteiger partial charge in [0.25, 0.3) is 0 Å². The average molecular weight is 493 g/mol. The Balaban J connectivity index is 1.44. The van der Waals surface area contributed by atoms with Gasteiger partial charge in [-0.1, -0.05) is 41.9 Å². The van der Waals surface area contributed by atoms with Crippen molar-refractivity contribution >= 4 is 33.4 Å². The van der Waals surface area contributed by atoms with Crippen molar-refractivity contribution in [1.82, 2.24) is 14.5 Å². The molecule has 1 N–H and O–H groups in total. The molecule has 0 unspecified atom stereocenters. The molecule has 8 nitrogen and oxygen atoms in total. The van der Waals surface area contributed by atoms with E-state index in [9.17, 15) is 13.2 Å². The second-order valence-corrected chi connectivity index (χ2v) is 10.3. The first kappa shape index (κ1) is 25.2. The average Bonchev–Trinajstić information content (AvgIpc) is 3.33. The molecule has 178 valence electrons. The number of sulfonamides is 1. The van der Waals surface area contributed by atoms with E-state index in [0.29, 0.717) is 17.1 Å². The fourth-order valence-corrected chi connectivity index (χ4v) is 4.97. The van der Waals surface area contributed by atoms with E-state index in [0.717, 1.165) is 30.1 Å². The maximum Gasteiger partial charge on any atom is 0.248 e. The monoisotopic (exact) mass is 492 g/mol. The third-order valence-corrected chi connectivity index (χ3v) is 7.84. The molecule has 0 fully saturated rings. The van der Waals surface area contributed by atoms with Gasteiger partial charge in [-0.3, -0.25) is 9.79 Å². The molecule has 1 heterocycles. The highest BCUT2D eigenvalue weighted by Crippen LogP contribution is 2.24. The van der Waals surface area contributed by atoms with Crippen LogP contribution in [0.5, 0.6) is 0 Å². The molecular formula is C23H29ClN4O4S. The molecule has 1 aliphatic heterocycles. The zero-order chi connectivity index (χ0) is 24.0. The summed E-state index contributed by atoms with van der Waals surface area (Å²) in [5, 5.41) is 3.63. The summed E-state index contributed by atoms with van der Waals surface area (Å²) < 4.78 is 32.2. The molecule has 0 radical (unpaired) electrons. The van der Waals surface area contributed by atoms with Gasteiger partial charge in [-0.15, -0.1) is 0 Å². The molecule has 0 atom stereocenters. The van der Waals surface area contributed by atoms with Gasteiger partial charge in [-0.2, -0.15) is 4.31 Å². The van der Waals surface area contributed by atoms with Crippen LogP contribution in [-0.4, -0.2) is 76.3 Å². The van der Waals surface area contributed by atoms with E-state index in [1.807, 2.05) is 24.3 Å². The number of hydrogen-bond donors (Lipinski definition) is 1. The SMILES string of the molecule is Cc1c(Cl)cccc1S(=O)(=O)N(C)CCOCC(=O)N(C)Cc1ccc(C2=NCCN2)cc1. The normalized spacial score (nSPS) is 13.7. The Bertz CT molecular complexity index is 1120. The van der Waals surface area contributed by atoms with Gasteiger partial charge in [0.2, 0.25) is 15.9 Å². The van der Waals surface area contributed by atoms with Crippen molar-refractivity contribution < 1.29 is 17.9 Å². The molecule has 0 spiro atoms. The lowest BCUT2D eigenvalue weighted by molar-refractivity contribution is -0.135. The largest absolute Gasteiger partial charge is 0.370 e. The number of amidine groups is 1. The van der Waals surface area contributed by atoms with E-state index in [2.05, 4.69) is 10.3 Å². The maximum absolute atomic E-state index is 12.8. The molecule has 1 aliphatic rings. The van der Waals surface area contributed by atoms with Crippen molar-refractivity contribution in [3.8, 4) is 0 Å². The maximum atomic E-state index is 12.8. The van der Waals surface area contributed by atoms with Crippen LogP contribution in [0.2, 0.25) is 5.02 Å². The second kappa shape index (κ2) is 11.1. The summed E-state index contributed by atoms with van der Waals surface area (Å²) in [5.74, 6) is 0.717. The Kier molecular flexibility index (Phi) is 8.47. The van der Waals surface area contributed by atoms with Crippen LogP contribution < -0.4 is 5.32 Å². The van der Waals surface area contributed by atoms with Gasteiger partial charge >= 0.3 is 0 Å². The minimum absolute atomic E-state index is 0.0960. The van der Waals surface area contributed by atoms with Crippen molar-refractivity contribution in [2.45, 2.75) is 18.4 Å². The molecule has 0 aromatic heterocycles. The van der Waals surface area contributed by atoms with Gasteiger partial charge in [0.1, 0.15) is 12.4 Å². The fourth-order valence-electron chi connectivity index (χ4n) is 3.34. The molecule has 0 saturated carbocycles. The van der Waals surface area contributed by atoms with Crippen molar-refractivity contribution in [3.63, 3.8) is 0 Å². The van der Waals surface area contributed by atoms with Crippen LogP contribution in [0.25, 0.3) is 0 Å². The molecule has 1 amide bonds. The highest BCUT2D eigenvalue weighted by Gasteiger charge is 2.23. The first-order chi connectivity index (χ1) is 15.7. The summed E-state index contributed by atoms with van der Waals surface area (Å²) in [6.45, 7) is 3.85. The predicted molar refractivity (Wildman–Crippen MR) is 129 cm³/mol. The van der Waals surface area contributed by atoms with Crippen LogP contribution in [-0.2, 0) is 26.1 Å². The fraction of sp³-hybridized carbons (Fsp3) is 0.391. The number of ether oxygens (including phenoxy) is 1. The zero-order valence-electron chi connectivity index (χ0n) is 19.0. The Morgan fingerprint density at radius 2 is 1.91 bits per heavy atom. The molecule has 2 aromatic rings. The van der Waals surface area contributed by atoms with E-state index >= 15 is 0 Å². The van der Waals surface area contributed by atoms with Gasteiger partial charge in [-0.25, -0.2) is 8.42 Å². The number of carbonyl (C=O) groups excluding carboxylic acids is 1. The lowest BCUT2D eigenvalue weighted by Gasteiger charge is -2.20. The lowest BCUT2D eigenvalue weighted by atomic mass is 10.1. The summed E-state index contributed by atoms with van der Waals surface area (Å²) in [7, 11) is -0.515. The van der Waals surface area contributed by atoms with E-state index in [1.165, 1.54) is 17.4 Å². The number of benzene rings is 2. The number of nitrogens with one attached hydrogen (secondary N) is 1. The van der Waals surface area contributed by atoms with Crippen LogP contribution in [0.15, 0.2) is 52.4 Å². The molecule has 10 heteroatoms. The number of carbonyl (C=O) groups is 1. The molecule has 33 heavy (non-hydrogen) atoms. The van der Waals surface area contributed by atoms with E-state index in [-0.39, 0.29) is 30.6 Å². The summed E-state index contributed by atoms with van der Waals surface area (Å²) in [5.41, 5.74) is 2.53.